The maximum absolute atomic E-state index is 11.9. The summed E-state index contributed by atoms with van der Waals surface area (Å²) >= 11 is 0. The van der Waals surface area contributed by atoms with E-state index in [1.807, 2.05) is 0 Å². The molecule has 1 aromatic heterocycles. The minimum atomic E-state index is -3.67. The predicted octanol–water partition coefficient (Wildman–Crippen LogP) is -1.11. The molecule has 11 nitrogen and oxygen atoms in total. The lowest BCUT2D eigenvalue weighted by atomic mass is 10.6. The zero-order valence-electron chi connectivity index (χ0n) is 9.92. The van der Waals surface area contributed by atoms with Crippen molar-refractivity contribution in [3.63, 3.8) is 0 Å². The third kappa shape index (κ3) is 1.95. The van der Waals surface area contributed by atoms with E-state index in [1.54, 1.807) is 0 Å². The van der Waals surface area contributed by atoms with Gasteiger partial charge in [-0.05, 0) is 13.8 Å². The highest BCUT2D eigenvalue weighted by molar-refractivity contribution is 7.89. The summed E-state index contributed by atoms with van der Waals surface area (Å²) in [6.45, 7) is 2.95. The summed E-state index contributed by atoms with van der Waals surface area (Å²) in [5.74, 6) is -0.256. The zero-order chi connectivity index (χ0) is 14.4. The maximum atomic E-state index is 11.9. The van der Waals surface area contributed by atoms with Gasteiger partial charge in [-0.15, -0.1) is 4.98 Å². The molecule has 0 radical (unpaired) electrons. The van der Waals surface area contributed by atoms with Gasteiger partial charge in [-0.1, -0.05) is 4.68 Å². The third-order valence-electron chi connectivity index (χ3n) is 2.37. The summed E-state index contributed by atoms with van der Waals surface area (Å²) < 4.78 is 25.3. The fraction of sp³-hybridized carbons (Fsp3) is 0.429. The number of fused-ring (bicyclic) bond motifs is 1. The van der Waals surface area contributed by atoms with Crippen LogP contribution in [0.3, 0.4) is 0 Å². The number of anilines is 1. The molecule has 19 heavy (non-hydrogen) atoms. The van der Waals surface area contributed by atoms with Crippen molar-refractivity contribution in [3.05, 3.63) is 26.8 Å². The average Bonchev–Trinajstić information content (AvgIpc) is 2.63. The van der Waals surface area contributed by atoms with Crippen LogP contribution in [0, 0.1) is 10.1 Å². The molecule has 0 aliphatic carbocycles. The molecule has 0 spiro atoms. The Morgan fingerprint density at radius 2 is 2.05 bits per heavy atom. The molecule has 0 saturated heterocycles. The molecule has 1 N–H and O–H groups in total. The Hall–Kier alpha value is -2.37. The van der Waals surface area contributed by atoms with Crippen molar-refractivity contribution in [2.24, 2.45) is 0 Å². The first-order valence-corrected chi connectivity index (χ1v) is 6.60. The molecule has 0 atom stereocenters. The van der Waals surface area contributed by atoms with E-state index >= 15 is 0 Å². The van der Waals surface area contributed by atoms with Gasteiger partial charge in [0.05, 0.1) is 21.3 Å². The smallest absolute Gasteiger partial charge is 0.339 e. The van der Waals surface area contributed by atoms with Crippen LogP contribution in [0.5, 0.6) is 0 Å². The second kappa shape index (κ2) is 4.08. The number of aromatic nitrogens is 3. The molecular weight excluding hydrogens is 280 g/mol. The summed E-state index contributed by atoms with van der Waals surface area (Å²) in [4.78, 5) is 25.4. The maximum Gasteiger partial charge on any atom is 0.429 e. The van der Waals surface area contributed by atoms with Crippen LogP contribution < -0.4 is 11.1 Å². The first-order valence-electron chi connectivity index (χ1n) is 5.09. The van der Waals surface area contributed by atoms with E-state index in [0.29, 0.717) is 0 Å². The Morgan fingerprint density at radius 3 is 2.58 bits per heavy atom. The Bertz CT molecular complexity index is 713. The number of nitrogens with zero attached hydrogens (tertiary/aromatic N) is 5. The van der Waals surface area contributed by atoms with Crippen molar-refractivity contribution < 1.29 is 13.5 Å². The van der Waals surface area contributed by atoms with Crippen LogP contribution in [0.15, 0.2) is 11.0 Å². The monoisotopic (exact) mass is 290 g/mol. The van der Waals surface area contributed by atoms with E-state index in [1.165, 1.54) is 13.8 Å². The summed E-state index contributed by atoms with van der Waals surface area (Å²) in [5.41, 5.74) is 1.20. The van der Waals surface area contributed by atoms with E-state index in [0.717, 1.165) is 21.5 Å². The van der Waals surface area contributed by atoms with Crippen molar-refractivity contribution in [2.45, 2.75) is 19.1 Å². The lowest BCUT2D eigenvalue weighted by Gasteiger charge is -2.23. The average molecular weight is 290 g/mol. The predicted molar refractivity (Wildman–Crippen MR) is 63.7 cm³/mol. The van der Waals surface area contributed by atoms with Crippen molar-refractivity contribution in [1.29, 1.82) is 0 Å². The summed E-state index contributed by atoms with van der Waals surface area (Å²) in [5, 5.41) is 8.99. The lowest BCUT2D eigenvalue weighted by molar-refractivity contribution is -0.558. The van der Waals surface area contributed by atoms with Gasteiger partial charge in [0.1, 0.15) is 6.20 Å². The second-order valence-corrected chi connectivity index (χ2v) is 6.26. The second-order valence-electron chi connectivity index (χ2n) is 3.89. The number of sulfonamides is 1. The van der Waals surface area contributed by atoms with Crippen LogP contribution in [0.1, 0.15) is 13.8 Å². The van der Waals surface area contributed by atoms with Crippen molar-refractivity contribution in [1.82, 2.24) is 18.9 Å². The van der Waals surface area contributed by atoms with Crippen LogP contribution >= 0.6 is 0 Å². The fourth-order valence-corrected chi connectivity index (χ4v) is 2.25. The van der Waals surface area contributed by atoms with E-state index < -0.39 is 26.0 Å². The van der Waals surface area contributed by atoms with Crippen LogP contribution in [0.4, 0.5) is 5.95 Å². The van der Waals surface area contributed by atoms with Crippen LogP contribution in [0.25, 0.3) is 6.20 Å². The van der Waals surface area contributed by atoms with Crippen molar-refractivity contribution >= 4 is 22.2 Å². The third-order valence-corrected chi connectivity index (χ3v) is 4.32. The number of hydrazine groups is 1. The van der Waals surface area contributed by atoms with Crippen LogP contribution in [0.2, 0.25) is 0 Å². The molecule has 1 aromatic rings. The molecule has 0 unspecified atom stereocenters. The molecule has 2 rings (SSSR count). The van der Waals surface area contributed by atoms with Gasteiger partial charge in [-0.2, -0.15) is 4.41 Å². The van der Waals surface area contributed by atoms with Gasteiger partial charge >= 0.3 is 11.6 Å². The van der Waals surface area contributed by atoms with E-state index in [2.05, 4.69) is 10.4 Å². The number of hydrogen-bond acceptors (Lipinski definition) is 7. The van der Waals surface area contributed by atoms with E-state index in [9.17, 15) is 23.3 Å². The first-order chi connectivity index (χ1) is 8.75. The van der Waals surface area contributed by atoms with Gasteiger partial charge in [0.15, 0.2) is 0 Å². The van der Waals surface area contributed by atoms with Crippen LogP contribution in [-0.2, 0) is 10.0 Å². The summed E-state index contributed by atoms with van der Waals surface area (Å²) in [6.07, 6.45) is 2.12. The number of nitro groups is 1. The fourth-order valence-electron chi connectivity index (χ4n) is 1.36. The minimum Gasteiger partial charge on any atom is -0.339 e. The van der Waals surface area contributed by atoms with Crippen molar-refractivity contribution in [2.75, 3.05) is 5.43 Å². The van der Waals surface area contributed by atoms with E-state index in [-0.39, 0.29) is 10.7 Å². The molecule has 1 aliphatic rings. The van der Waals surface area contributed by atoms with Gasteiger partial charge in [-0.3, -0.25) is 0 Å². The highest BCUT2D eigenvalue weighted by Crippen LogP contribution is 2.16. The molecule has 0 bridgehead atoms. The Labute approximate surface area is 106 Å². The SMILES string of the molecule is CC(C)S(=O)(=O)N1C=Cn2c(nc(=O)n2[N+](=O)[O-])N1. The zero-order valence-corrected chi connectivity index (χ0v) is 10.7. The quantitative estimate of drug-likeness (QED) is 0.551. The molecule has 0 amide bonds. The molecule has 12 heteroatoms. The van der Waals surface area contributed by atoms with Crippen LogP contribution in [-0.4, -0.2) is 37.6 Å². The van der Waals surface area contributed by atoms with Gasteiger partial charge in [0.2, 0.25) is 0 Å². The largest absolute Gasteiger partial charge is 0.429 e. The number of nitrogens with one attached hydrogen (secondary N) is 1. The molecule has 0 aromatic carbocycles. The van der Waals surface area contributed by atoms with E-state index in [4.69, 9.17) is 0 Å². The Balaban J connectivity index is 2.47. The minimum absolute atomic E-state index is 0.151. The standard InChI is InChI=1S/C7H10N6O5S/c1-5(2)19(17,18)11-4-3-10-6(9-11)8-7(14)12(10)13(15)16/h3-5H,1-2H3,(H,8,9,14). The molecule has 0 saturated carbocycles. The molecule has 1 aliphatic heterocycles. The summed E-state index contributed by atoms with van der Waals surface area (Å²) in [7, 11) is -3.67. The highest BCUT2D eigenvalue weighted by Gasteiger charge is 2.31. The first kappa shape index (κ1) is 13.1. The van der Waals surface area contributed by atoms with Gasteiger partial charge in [0.25, 0.3) is 10.0 Å². The normalized spacial score (nSPS) is 14.4. The molecule has 2 heterocycles. The number of rotatable bonds is 3. The Kier molecular flexibility index (Phi) is 2.81. The molecular formula is C7H10N6O5S. The highest BCUT2D eigenvalue weighted by atomic mass is 32.2. The van der Waals surface area contributed by atoms with Crippen molar-refractivity contribution in [3.8, 4) is 0 Å². The van der Waals surface area contributed by atoms with Gasteiger partial charge < -0.3 is 10.1 Å². The Morgan fingerprint density at radius 1 is 1.42 bits per heavy atom. The molecule has 0 fully saturated rings. The number of hydrogen-bond donors (Lipinski definition) is 1. The van der Waals surface area contributed by atoms with Gasteiger partial charge in [0, 0.05) is 0 Å². The van der Waals surface area contributed by atoms with Gasteiger partial charge in [-0.25, -0.2) is 18.6 Å². The summed E-state index contributed by atoms with van der Waals surface area (Å²) in [6, 6.07) is 0. The topological polar surface area (TPSA) is 132 Å². The molecule has 104 valence electrons. The lowest BCUT2D eigenvalue weighted by Crippen LogP contribution is -2.39.